The normalized spacial score (nSPS) is 23.0. The van der Waals surface area contributed by atoms with Gasteiger partial charge < -0.3 is 10.2 Å². The summed E-state index contributed by atoms with van der Waals surface area (Å²) in [5, 5.41) is 4.75. The van der Waals surface area contributed by atoms with Gasteiger partial charge in [0.25, 0.3) is 0 Å². The van der Waals surface area contributed by atoms with Crippen molar-refractivity contribution in [1.82, 2.24) is 10.3 Å². The molecule has 2 rings (SSSR count). The molecular formula is C16H29N3S. The van der Waals surface area contributed by atoms with E-state index in [-0.39, 0.29) is 0 Å². The summed E-state index contributed by atoms with van der Waals surface area (Å²) in [6.45, 7) is 15.8. The van der Waals surface area contributed by atoms with Crippen LogP contribution >= 0.6 is 11.3 Å². The van der Waals surface area contributed by atoms with Gasteiger partial charge in [0.15, 0.2) is 5.13 Å². The highest BCUT2D eigenvalue weighted by Gasteiger charge is 2.28. The van der Waals surface area contributed by atoms with Crippen LogP contribution in [-0.2, 0) is 6.54 Å². The number of hydrogen-bond acceptors (Lipinski definition) is 4. The van der Waals surface area contributed by atoms with E-state index in [0.717, 1.165) is 38.0 Å². The van der Waals surface area contributed by atoms with Gasteiger partial charge >= 0.3 is 0 Å². The van der Waals surface area contributed by atoms with Crippen molar-refractivity contribution in [2.45, 2.75) is 53.5 Å². The predicted molar refractivity (Wildman–Crippen MR) is 88.7 cm³/mol. The average Bonchev–Trinajstić information content (AvgIpc) is 2.95. The molecule has 1 aromatic heterocycles. The van der Waals surface area contributed by atoms with E-state index in [1.165, 1.54) is 22.1 Å². The molecule has 0 bridgehead atoms. The smallest absolute Gasteiger partial charge is 0.185 e. The van der Waals surface area contributed by atoms with E-state index in [1.54, 1.807) is 0 Å². The van der Waals surface area contributed by atoms with E-state index in [4.69, 9.17) is 4.98 Å². The first-order valence-electron chi connectivity index (χ1n) is 7.98. The summed E-state index contributed by atoms with van der Waals surface area (Å²) in [5.41, 5.74) is 1.29. The minimum absolute atomic E-state index is 0.510. The Bertz CT molecular complexity index is 417. The van der Waals surface area contributed by atoms with Gasteiger partial charge in [-0.2, -0.15) is 0 Å². The summed E-state index contributed by atoms with van der Waals surface area (Å²) in [4.78, 5) is 8.85. The molecule has 1 saturated heterocycles. The van der Waals surface area contributed by atoms with Gasteiger partial charge in [0.05, 0.1) is 5.69 Å². The van der Waals surface area contributed by atoms with E-state index in [9.17, 15) is 0 Å². The second kappa shape index (κ2) is 6.90. The van der Waals surface area contributed by atoms with Crippen LogP contribution in [0.15, 0.2) is 0 Å². The molecule has 20 heavy (non-hydrogen) atoms. The van der Waals surface area contributed by atoms with Gasteiger partial charge in [-0.1, -0.05) is 34.6 Å². The summed E-state index contributed by atoms with van der Waals surface area (Å²) in [6.07, 6.45) is 1.18. The molecule has 2 unspecified atom stereocenters. The molecule has 0 spiro atoms. The van der Waals surface area contributed by atoms with Crippen molar-refractivity contribution in [2.75, 3.05) is 24.5 Å². The monoisotopic (exact) mass is 295 g/mol. The molecule has 2 heterocycles. The van der Waals surface area contributed by atoms with Crippen LogP contribution in [0, 0.1) is 11.8 Å². The van der Waals surface area contributed by atoms with Gasteiger partial charge in [0, 0.05) is 24.5 Å². The Morgan fingerprint density at radius 3 is 2.50 bits per heavy atom. The van der Waals surface area contributed by atoms with Crippen molar-refractivity contribution < 1.29 is 0 Å². The molecule has 1 aromatic rings. The maximum Gasteiger partial charge on any atom is 0.185 e. The van der Waals surface area contributed by atoms with Crippen LogP contribution in [0.5, 0.6) is 0 Å². The highest BCUT2D eigenvalue weighted by atomic mass is 32.1. The molecule has 1 aliphatic heterocycles. The zero-order chi connectivity index (χ0) is 14.7. The van der Waals surface area contributed by atoms with E-state index >= 15 is 0 Å². The van der Waals surface area contributed by atoms with Crippen LogP contribution in [0.2, 0.25) is 0 Å². The molecular weight excluding hydrogens is 266 g/mol. The minimum Gasteiger partial charge on any atom is -0.348 e. The van der Waals surface area contributed by atoms with Crippen molar-refractivity contribution in [3.63, 3.8) is 0 Å². The predicted octanol–water partition coefficient (Wildman–Crippen LogP) is 3.86. The summed E-state index contributed by atoms with van der Waals surface area (Å²) < 4.78 is 0. The fourth-order valence-electron chi connectivity index (χ4n) is 2.73. The lowest BCUT2D eigenvalue weighted by Gasteiger charge is -2.13. The molecule has 114 valence electrons. The summed E-state index contributed by atoms with van der Waals surface area (Å²) in [5.74, 6) is 2.07. The molecule has 0 saturated carbocycles. The number of anilines is 1. The third kappa shape index (κ3) is 3.53. The molecule has 0 radical (unpaired) electrons. The molecule has 0 aliphatic carbocycles. The third-order valence-electron chi connectivity index (χ3n) is 4.23. The number of rotatable bonds is 6. The first-order valence-corrected chi connectivity index (χ1v) is 8.79. The lowest BCUT2D eigenvalue weighted by atomic mass is 10.0. The summed E-state index contributed by atoms with van der Waals surface area (Å²) in [7, 11) is 0. The van der Waals surface area contributed by atoms with Gasteiger partial charge in [0.2, 0.25) is 0 Å². The Morgan fingerprint density at radius 1 is 1.30 bits per heavy atom. The molecule has 1 aliphatic rings. The minimum atomic E-state index is 0.510. The van der Waals surface area contributed by atoms with Crippen LogP contribution in [0.3, 0.4) is 0 Å². The molecule has 3 nitrogen and oxygen atoms in total. The highest BCUT2D eigenvalue weighted by molar-refractivity contribution is 7.15. The zero-order valence-corrected chi connectivity index (χ0v) is 14.4. The molecule has 0 aromatic carbocycles. The van der Waals surface area contributed by atoms with Gasteiger partial charge in [-0.15, -0.1) is 11.3 Å². The zero-order valence-electron chi connectivity index (χ0n) is 13.6. The molecule has 4 heteroatoms. The van der Waals surface area contributed by atoms with E-state index in [2.05, 4.69) is 44.8 Å². The van der Waals surface area contributed by atoms with Crippen molar-refractivity contribution in [1.29, 1.82) is 0 Å². The van der Waals surface area contributed by atoms with Crippen molar-refractivity contribution in [3.8, 4) is 0 Å². The largest absolute Gasteiger partial charge is 0.348 e. The van der Waals surface area contributed by atoms with Crippen LogP contribution in [0.4, 0.5) is 5.13 Å². The lowest BCUT2D eigenvalue weighted by molar-refractivity contribution is 0.494. The van der Waals surface area contributed by atoms with Crippen LogP contribution in [0.25, 0.3) is 0 Å². The Hall–Kier alpha value is -0.610. The van der Waals surface area contributed by atoms with E-state index in [1.807, 2.05) is 11.3 Å². The average molecular weight is 295 g/mol. The van der Waals surface area contributed by atoms with Crippen LogP contribution in [-0.4, -0.2) is 24.6 Å². The van der Waals surface area contributed by atoms with Crippen molar-refractivity contribution in [2.24, 2.45) is 11.8 Å². The Balaban J connectivity index is 2.12. The summed E-state index contributed by atoms with van der Waals surface area (Å²) >= 11 is 1.89. The van der Waals surface area contributed by atoms with Gasteiger partial charge in [-0.3, -0.25) is 0 Å². The second-order valence-electron chi connectivity index (χ2n) is 6.50. The summed E-state index contributed by atoms with van der Waals surface area (Å²) in [6, 6.07) is 0. The van der Waals surface area contributed by atoms with Crippen LogP contribution in [0.1, 0.15) is 57.5 Å². The van der Waals surface area contributed by atoms with Gasteiger partial charge in [-0.05, 0) is 30.7 Å². The Kier molecular flexibility index (Phi) is 5.44. The molecule has 1 N–H and O–H groups in total. The van der Waals surface area contributed by atoms with Crippen molar-refractivity contribution >= 4 is 16.5 Å². The maximum absolute atomic E-state index is 4.94. The number of nitrogens with zero attached hydrogens (tertiary/aromatic N) is 2. The number of nitrogens with one attached hydrogen (secondary N) is 1. The Labute approximate surface area is 127 Å². The first kappa shape index (κ1) is 15.8. The fraction of sp³-hybridized carbons (Fsp3) is 0.812. The highest BCUT2D eigenvalue weighted by Crippen LogP contribution is 2.34. The fourth-order valence-corrected chi connectivity index (χ4v) is 3.93. The second-order valence-corrected chi connectivity index (χ2v) is 7.56. The van der Waals surface area contributed by atoms with Crippen LogP contribution < -0.4 is 10.2 Å². The number of hydrogen-bond donors (Lipinski definition) is 1. The lowest BCUT2D eigenvalue weighted by Crippen LogP contribution is -2.19. The first-order chi connectivity index (χ1) is 9.52. The molecule has 0 amide bonds. The number of thiazole rings is 1. The quantitative estimate of drug-likeness (QED) is 0.808. The van der Waals surface area contributed by atoms with E-state index in [0.29, 0.717) is 5.92 Å². The molecule has 1 fully saturated rings. The van der Waals surface area contributed by atoms with Crippen molar-refractivity contribution in [3.05, 3.63) is 10.6 Å². The van der Waals surface area contributed by atoms with E-state index < -0.39 is 0 Å². The Morgan fingerprint density at radius 2 is 1.95 bits per heavy atom. The standard InChI is InChI=1S/C16H29N3S/c1-6-7-17-8-14-15(11(2)3)18-16(20-14)19-9-12(4)13(5)10-19/h11-13,17H,6-10H2,1-5H3. The maximum atomic E-state index is 4.94. The third-order valence-corrected chi connectivity index (χ3v) is 5.37. The SMILES string of the molecule is CCCNCc1sc(N2CC(C)C(C)C2)nc1C(C)C. The number of aromatic nitrogens is 1. The molecule has 2 atom stereocenters. The van der Waals surface area contributed by atoms with Gasteiger partial charge in [-0.25, -0.2) is 4.98 Å². The van der Waals surface area contributed by atoms with Gasteiger partial charge in [0.1, 0.15) is 0 Å². The topological polar surface area (TPSA) is 28.2 Å².